The third-order valence-corrected chi connectivity index (χ3v) is 10.4. The lowest BCUT2D eigenvalue weighted by Gasteiger charge is -2.16. The molecule has 3 aromatic carbocycles. The first kappa shape index (κ1) is 35.5. The molecule has 7 rings (SSSR count). The number of nitrogens with one attached hydrogen (secondary N) is 2. The molecule has 0 bridgehead atoms. The van der Waals surface area contributed by atoms with E-state index in [-0.39, 0.29) is 5.91 Å². The largest absolute Gasteiger partial charge is 0.493 e. The zero-order chi connectivity index (χ0) is 37.4. The normalized spacial score (nSPS) is 12.1. The summed E-state index contributed by atoms with van der Waals surface area (Å²) < 4.78 is 17.6. The lowest BCUT2D eigenvalue weighted by molar-refractivity contribution is 0.0996. The first-order valence-electron chi connectivity index (χ1n) is 17.3. The lowest BCUT2D eigenvalue weighted by Crippen LogP contribution is -2.20. The van der Waals surface area contributed by atoms with E-state index in [1.54, 1.807) is 43.2 Å². The number of aryl methyl sites for hydroxylation is 5. The summed E-state index contributed by atoms with van der Waals surface area (Å²) in [6.07, 6.45) is 0.439. The maximum atomic E-state index is 13.4. The van der Waals surface area contributed by atoms with Crippen LogP contribution in [-0.4, -0.2) is 60.0 Å². The van der Waals surface area contributed by atoms with E-state index >= 15 is 0 Å². The van der Waals surface area contributed by atoms with Crippen molar-refractivity contribution >= 4 is 67.2 Å². The fourth-order valence-electron chi connectivity index (χ4n) is 6.69. The van der Waals surface area contributed by atoms with Crippen molar-refractivity contribution in [3.63, 3.8) is 0 Å². The molecule has 0 saturated heterocycles. The number of rotatable bonds is 14. The Labute approximate surface area is 309 Å². The van der Waals surface area contributed by atoms with Gasteiger partial charge in [-0.25, -0.2) is 9.97 Å². The Bertz CT molecular complexity index is 2450. The maximum Gasteiger partial charge on any atom is 0.276 e. The van der Waals surface area contributed by atoms with Gasteiger partial charge in [-0.15, -0.1) is 11.3 Å². The number of nitrogens with two attached hydrogens (primary N) is 1. The molecule has 0 saturated carbocycles. The van der Waals surface area contributed by atoms with Gasteiger partial charge in [-0.1, -0.05) is 12.1 Å². The van der Waals surface area contributed by atoms with Gasteiger partial charge in [-0.2, -0.15) is 5.10 Å². The third-order valence-electron chi connectivity index (χ3n) is 9.25. The number of thiophene rings is 1. The second-order valence-corrected chi connectivity index (χ2v) is 13.9. The second-order valence-electron chi connectivity index (χ2n) is 12.8. The van der Waals surface area contributed by atoms with E-state index < -0.39 is 12.1 Å². The molecule has 1 unspecified atom stereocenters. The fourth-order valence-corrected chi connectivity index (χ4v) is 7.70. The van der Waals surface area contributed by atoms with Gasteiger partial charge in [-0.05, 0) is 87.0 Å². The standard InChI is InChI=1S/C38H41N9O5S/c1-6-47-28(16-22(3)44-47)35(49)42-37-41-26-17-23(34(39)48)12-13-27(26)45(37)14-7-8-15-46-33-21(2)10-9-11-25(33)40-38(46)43-36(50)32-19-24-18-29(51-4)30(52-5)20-31(24)53-32/h9-13,16-20,36,50H,6-8,14-15H2,1-5H3,(H2,39,48)(H,40,43)(H,41,42,49). The Kier molecular flexibility index (Phi) is 9.77. The number of imidazole rings is 2. The molecule has 4 heterocycles. The highest BCUT2D eigenvalue weighted by Gasteiger charge is 2.21. The fraction of sp³-hybridized carbons (Fsp3) is 0.289. The number of aliphatic hydroxyl groups is 1. The predicted molar refractivity (Wildman–Crippen MR) is 206 cm³/mol. The molecule has 0 aliphatic heterocycles. The number of carbonyl (C=O) groups is 2. The van der Waals surface area contributed by atoms with Gasteiger partial charge < -0.3 is 34.8 Å². The van der Waals surface area contributed by atoms with Crippen molar-refractivity contribution in [1.82, 2.24) is 28.9 Å². The summed E-state index contributed by atoms with van der Waals surface area (Å²) in [5.74, 6) is 1.28. The SMILES string of the molecule is CCn1nc(C)cc1C(=O)Nc1nc2cc(C(N)=O)ccc2n1CCCCn1c(NC(O)c2cc3cc(OC)c(OC)cc3s2)nc2cccc(C)c21. The first-order valence-corrected chi connectivity index (χ1v) is 18.1. The number of hydrogen-bond acceptors (Lipinski definition) is 10. The van der Waals surface area contributed by atoms with Crippen molar-refractivity contribution in [2.45, 2.75) is 59.5 Å². The molecule has 5 N–H and O–H groups in total. The highest BCUT2D eigenvalue weighted by atomic mass is 32.1. The minimum absolute atomic E-state index is 0.328. The number of amides is 2. The summed E-state index contributed by atoms with van der Waals surface area (Å²) in [5, 5.41) is 23.0. The summed E-state index contributed by atoms with van der Waals surface area (Å²) >= 11 is 1.47. The topological polar surface area (TPSA) is 176 Å². The average Bonchev–Trinajstić information content (AvgIpc) is 3.91. The molecule has 15 heteroatoms. The average molecular weight is 736 g/mol. The number of fused-ring (bicyclic) bond motifs is 3. The van der Waals surface area contributed by atoms with Crippen molar-refractivity contribution < 1.29 is 24.2 Å². The van der Waals surface area contributed by atoms with Crippen molar-refractivity contribution in [1.29, 1.82) is 0 Å². The van der Waals surface area contributed by atoms with Crippen LogP contribution in [-0.2, 0) is 19.6 Å². The van der Waals surface area contributed by atoms with E-state index in [0.29, 0.717) is 66.2 Å². The van der Waals surface area contributed by atoms with Gasteiger partial charge >= 0.3 is 0 Å². The van der Waals surface area contributed by atoms with E-state index in [4.69, 9.17) is 25.2 Å². The van der Waals surface area contributed by atoms with Gasteiger partial charge in [0.25, 0.3) is 5.91 Å². The number of benzene rings is 3. The molecule has 14 nitrogen and oxygen atoms in total. The Morgan fingerprint density at radius 3 is 2.40 bits per heavy atom. The molecule has 0 radical (unpaired) electrons. The van der Waals surface area contributed by atoms with Gasteiger partial charge in [0.2, 0.25) is 17.8 Å². The van der Waals surface area contributed by atoms with Crippen LogP contribution >= 0.6 is 11.3 Å². The summed E-state index contributed by atoms with van der Waals surface area (Å²) in [5.41, 5.74) is 11.2. The van der Waals surface area contributed by atoms with Crippen LogP contribution in [0.15, 0.2) is 60.7 Å². The van der Waals surface area contributed by atoms with Crippen LogP contribution < -0.4 is 25.8 Å². The van der Waals surface area contributed by atoms with Crippen LogP contribution in [0.2, 0.25) is 0 Å². The predicted octanol–water partition coefficient (Wildman–Crippen LogP) is 6.39. The Morgan fingerprint density at radius 2 is 1.66 bits per heavy atom. The van der Waals surface area contributed by atoms with E-state index in [2.05, 4.69) is 20.3 Å². The molecule has 274 valence electrons. The van der Waals surface area contributed by atoms with Gasteiger partial charge in [-0.3, -0.25) is 19.6 Å². The zero-order valence-electron chi connectivity index (χ0n) is 30.1. The molecule has 0 aliphatic rings. The Hall–Kier alpha value is -5.93. The number of ether oxygens (including phenoxy) is 2. The van der Waals surface area contributed by atoms with Gasteiger partial charge in [0, 0.05) is 36.0 Å². The molecule has 0 spiro atoms. The van der Waals surface area contributed by atoms with Crippen LogP contribution in [0.5, 0.6) is 11.5 Å². The molecule has 2 amide bonds. The van der Waals surface area contributed by atoms with Gasteiger partial charge in [0.15, 0.2) is 17.7 Å². The van der Waals surface area contributed by atoms with Crippen LogP contribution in [0.1, 0.15) is 63.0 Å². The highest BCUT2D eigenvalue weighted by Crippen LogP contribution is 2.38. The van der Waals surface area contributed by atoms with Gasteiger partial charge in [0.1, 0.15) is 5.69 Å². The van der Waals surface area contributed by atoms with Gasteiger partial charge in [0.05, 0.1) is 46.9 Å². The number of aliphatic hydroxyl groups excluding tert-OH is 1. The molecule has 4 aromatic heterocycles. The Balaban J connectivity index is 1.13. The number of primary amides is 1. The van der Waals surface area contributed by atoms with Crippen LogP contribution in [0.3, 0.4) is 0 Å². The van der Waals surface area contributed by atoms with E-state index in [9.17, 15) is 14.7 Å². The van der Waals surface area contributed by atoms with Crippen molar-refractivity contribution in [2.24, 2.45) is 5.73 Å². The minimum Gasteiger partial charge on any atom is -0.493 e. The quantitative estimate of drug-likeness (QED) is 0.0729. The Morgan fingerprint density at radius 1 is 0.925 bits per heavy atom. The molecule has 1 atom stereocenters. The number of hydrogen-bond donors (Lipinski definition) is 4. The molecule has 7 aromatic rings. The number of methoxy groups -OCH3 is 2. The number of carbonyl (C=O) groups excluding carboxylic acids is 2. The van der Waals surface area contributed by atoms with Crippen LogP contribution in [0, 0.1) is 13.8 Å². The molecule has 0 aliphatic carbocycles. The number of para-hydroxylation sites is 1. The number of unbranched alkanes of at least 4 members (excludes halogenated alkanes) is 1. The molecular formula is C38H41N9O5S. The number of anilines is 2. The number of nitrogens with zero attached hydrogens (tertiary/aromatic N) is 6. The third kappa shape index (κ3) is 6.88. The summed E-state index contributed by atoms with van der Waals surface area (Å²) in [6.45, 7) is 7.49. The highest BCUT2D eigenvalue weighted by molar-refractivity contribution is 7.19. The second kappa shape index (κ2) is 14.6. The van der Waals surface area contributed by atoms with Crippen molar-refractivity contribution in [2.75, 3.05) is 24.9 Å². The van der Waals surface area contributed by atoms with E-state index in [1.165, 1.54) is 11.3 Å². The van der Waals surface area contributed by atoms with E-state index in [1.807, 2.05) is 61.7 Å². The molecule has 0 fully saturated rings. The summed E-state index contributed by atoms with van der Waals surface area (Å²) in [4.78, 5) is 35.7. The molecular weight excluding hydrogens is 695 g/mol. The molecule has 53 heavy (non-hydrogen) atoms. The monoisotopic (exact) mass is 735 g/mol. The van der Waals surface area contributed by atoms with E-state index in [0.717, 1.165) is 49.2 Å². The first-order chi connectivity index (χ1) is 25.6. The smallest absolute Gasteiger partial charge is 0.276 e. The maximum absolute atomic E-state index is 13.4. The summed E-state index contributed by atoms with van der Waals surface area (Å²) in [7, 11) is 3.20. The lowest BCUT2D eigenvalue weighted by atomic mass is 10.2. The minimum atomic E-state index is -1.01. The zero-order valence-corrected chi connectivity index (χ0v) is 31.0. The number of aromatic nitrogens is 6. The van der Waals surface area contributed by atoms with Crippen molar-refractivity contribution in [3.8, 4) is 11.5 Å². The van der Waals surface area contributed by atoms with Crippen molar-refractivity contribution in [3.05, 3.63) is 88.1 Å². The van der Waals surface area contributed by atoms with Crippen LogP contribution in [0.4, 0.5) is 11.9 Å². The van der Waals surface area contributed by atoms with Crippen LogP contribution in [0.25, 0.3) is 32.2 Å². The summed E-state index contributed by atoms with van der Waals surface area (Å²) in [6, 6.07) is 18.6.